The highest BCUT2D eigenvalue weighted by Gasteiger charge is 2.40. The average Bonchev–Trinajstić information content (AvgIpc) is 2.27. The Morgan fingerprint density at radius 1 is 1.06 bits per heavy atom. The number of hydrogen-bond acceptors (Lipinski definition) is 1. The lowest BCUT2D eigenvalue weighted by Crippen LogP contribution is -2.21. The second kappa shape index (κ2) is 4.04. The van der Waals surface area contributed by atoms with Crippen molar-refractivity contribution in [1.29, 1.82) is 0 Å². The van der Waals surface area contributed by atoms with E-state index in [1.54, 1.807) is 43.3 Å². The van der Waals surface area contributed by atoms with E-state index in [4.69, 9.17) is 0 Å². The third kappa shape index (κ3) is 2.13. The lowest BCUT2D eigenvalue weighted by atomic mass is 9.95. The first-order chi connectivity index (χ1) is 7.91. The fourth-order valence-corrected chi connectivity index (χ4v) is 1.93. The molecule has 2 aromatic rings. The van der Waals surface area contributed by atoms with Crippen molar-refractivity contribution in [2.24, 2.45) is 0 Å². The van der Waals surface area contributed by atoms with Gasteiger partial charge in [0.1, 0.15) is 0 Å². The van der Waals surface area contributed by atoms with E-state index in [1.807, 2.05) is 0 Å². The number of rotatable bonds is 1. The minimum Gasteiger partial charge on any atom is -0.379 e. The minimum absolute atomic E-state index is 0.0596. The molecule has 0 saturated carbocycles. The Kier molecular flexibility index (Phi) is 2.83. The monoisotopic (exact) mass is 240 g/mol. The van der Waals surface area contributed by atoms with E-state index in [1.165, 1.54) is 0 Å². The number of aryl methyl sites for hydroxylation is 1. The summed E-state index contributed by atoms with van der Waals surface area (Å²) in [6.07, 6.45) is -7.08. The van der Waals surface area contributed by atoms with Gasteiger partial charge in [-0.1, -0.05) is 36.4 Å². The molecule has 0 radical (unpaired) electrons. The van der Waals surface area contributed by atoms with Gasteiger partial charge < -0.3 is 5.11 Å². The molecule has 4 heteroatoms. The zero-order chi connectivity index (χ0) is 12.6. The van der Waals surface area contributed by atoms with Crippen LogP contribution in [0.2, 0.25) is 0 Å². The highest BCUT2D eigenvalue weighted by atomic mass is 19.4. The standard InChI is InChI=1S/C13H11F3O/c1-8-6-7-9-4-2-3-5-10(9)11(8)12(17)13(14,15)16/h2-7,12,17H,1H3/t12-/m1/s1. The lowest BCUT2D eigenvalue weighted by molar-refractivity contribution is -0.206. The van der Waals surface area contributed by atoms with Crippen LogP contribution in [0.1, 0.15) is 17.2 Å². The van der Waals surface area contributed by atoms with Gasteiger partial charge in [-0.2, -0.15) is 13.2 Å². The molecule has 0 aliphatic carbocycles. The molecular weight excluding hydrogens is 229 g/mol. The van der Waals surface area contributed by atoms with Gasteiger partial charge in [-0.05, 0) is 23.3 Å². The maximum absolute atomic E-state index is 12.6. The predicted octanol–water partition coefficient (Wildman–Crippen LogP) is 3.74. The molecule has 0 fully saturated rings. The molecule has 0 bridgehead atoms. The van der Waals surface area contributed by atoms with Crippen molar-refractivity contribution >= 4 is 10.8 Å². The zero-order valence-corrected chi connectivity index (χ0v) is 9.12. The van der Waals surface area contributed by atoms with Gasteiger partial charge in [0, 0.05) is 5.56 Å². The van der Waals surface area contributed by atoms with Gasteiger partial charge in [-0.3, -0.25) is 0 Å². The molecule has 2 aromatic carbocycles. The third-order valence-corrected chi connectivity index (χ3v) is 2.77. The first-order valence-corrected chi connectivity index (χ1v) is 5.14. The van der Waals surface area contributed by atoms with Crippen molar-refractivity contribution in [3.05, 3.63) is 47.5 Å². The number of benzene rings is 2. The molecule has 1 N–H and O–H groups in total. The number of aliphatic hydroxyl groups is 1. The van der Waals surface area contributed by atoms with Gasteiger partial charge in [0.05, 0.1) is 0 Å². The van der Waals surface area contributed by atoms with Gasteiger partial charge in [-0.25, -0.2) is 0 Å². The van der Waals surface area contributed by atoms with Crippen molar-refractivity contribution in [3.8, 4) is 0 Å². The molecule has 2 rings (SSSR count). The van der Waals surface area contributed by atoms with Crippen LogP contribution in [0.4, 0.5) is 13.2 Å². The smallest absolute Gasteiger partial charge is 0.379 e. The topological polar surface area (TPSA) is 20.2 Å². The van der Waals surface area contributed by atoms with Gasteiger partial charge in [0.2, 0.25) is 0 Å². The largest absolute Gasteiger partial charge is 0.418 e. The number of aliphatic hydroxyl groups excluding tert-OH is 1. The van der Waals surface area contributed by atoms with E-state index >= 15 is 0 Å². The Balaban J connectivity index is 2.71. The van der Waals surface area contributed by atoms with Crippen LogP contribution in [-0.2, 0) is 0 Å². The summed E-state index contributed by atoms with van der Waals surface area (Å²) in [5.41, 5.74) is 0.379. The Hall–Kier alpha value is -1.55. The highest BCUT2D eigenvalue weighted by Crippen LogP contribution is 2.37. The Labute approximate surface area is 96.5 Å². The Bertz CT molecular complexity index is 546. The van der Waals surface area contributed by atoms with E-state index < -0.39 is 12.3 Å². The molecule has 0 aromatic heterocycles. The number of fused-ring (bicyclic) bond motifs is 1. The fraction of sp³-hybridized carbons (Fsp3) is 0.231. The first-order valence-electron chi connectivity index (χ1n) is 5.14. The molecule has 0 aliphatic rings. The van der Waals surface area contributed by atoms with Crippen molar-refractivity contribution < 1.29 is 18.3 Å². The second-order valence-corrected chi connectivity index (χ2v) is 3.96. The van der Waals surface area contributed by atoms with Crippen LogP contribution in [0.5, 0.6) is 0 Å². The number of hydrogen-bond donors (Lipinski definition) is 1. The quantitative estimate of drug-likeness (QED) is 0.805. The summed E-state index contributed by atoms with van der Waals surface area (Å²) in [7, 11) is 0. The van der Waals surface area contributed by atoms with E-state index in [9.17, 15) is 18.3 Å². The molecule has 1 nitrogen and oxygen atoms in total. The molecule has 17 heavy (non-hydrogen) atoms. The van der Waals surface area contributed by atoms with E-state index in [0.29, 0.717) is 16.3 Å². The molecule has 1 atom stereocenters. The third-order valence-electron chi connectivity index (χ3n) is 2.77. The zero-order valence-electron chi connectivity index (χ0n) is 9.12. The van der Waals surface area contributed by atoms with E-state index in [0.717, 1.165) is 0 Å². The molecule has 90 valence electrons. The maximum atomic E-state index is 12.6. The summed E-state index contributed by atoms with van der Waals surface area (Å²) in [4.78, 5) is 0. The van der Waals surface area contributed by atoms with E-state index in [-0.39, 0.29) is 5.56 Å². The molecule has 0 unspecified atom stereocenters. The molecule has 0 amide bonds. The molecule has 0 heterocycles. The summed E-state index contributed by atoms with van der Waals surface area (Å²) in [6, 6.07) is 10.1. The van der Waals surface area contributed by atoms with Crippen LogP contribution < -0.4 is 0 Å². The first kappa shape index (κ1) is 11.9. The normalized spacial score (nSPS) is 13.9. The van der Waals surface area contributed by atoms with Crippen LogP contribution in [0, 0.1) is 6.92 Å². The van der Waals surface area contributed by atoms with Crippen LogP contribution >= 0.6 is 0 Å². The van der Waals surface area contributed by atoms with Gasteiger partial charge >= 0.3 is 6.18 Å². The van der Waals surface area contributed by atoms with Gasteiger partial charge in [0.15, 0.2) is 6.10 Å². The van der Waals surface area contributed by atoms with Crippen molar-refractivity contribution in [2.75, 3.05) is 0 Å². The average molecular weight is 240 g/mol. The Morgan fingerprint density at radius 2 is 1.71 bits per heavy atom. The molecule has 0 saturated heterocycles. The maximum Gasteiger partial charge on any atom is 0.418 e. The SMILES string of the molecule is Cc1ccc2ccccc2c1[C@@H](O)C(F)(F)F. The lowest BCUT2D eigenvalue weighted by Gasteiger charge is -2.19. The fourth-order valence-electron chi connectivity index (χ4n) is 1.93. The van der Waals surface area contributed by atoms with Crippen LogP contribution in [0.25, 0.3) is 10.8 Å². The second-order valence-electron chi connectivity index (χ2n) is 3.96. The van der Waals surface area contributed by atoms with Crippen molar-refractivity contribution in [3.63, 3.8) is 0 Å². The summed E-state index contributed by atoms with van der Waals surface area (Å²) < 4.78 is 37.8. The van der Waals surface area contributed by atoms with Crippen LogP contribution in [0.15, 0.2) is 36.4 Å². The number of alkyl halides is 3. The van der Waals surface area contributed by atoms with Crippen molar-refractivity contribution in [1.82, 2.24) is 0 Å². The van der Waals surface area contributed by atoms with Gasteiger partial charge in [0.25, 0.3) is 0 Å². The predicted molar refractivity (Wildman–Crippen MR) is 59.7 cm³/mol. The Morgan fingerprint density at radius 3 is 2.35 bits per heavy atom. The molecule has 0 aliphatic heterocycles. The summed E-state index contributed by atoms with van der Waals surface area (Å²) in [5, 5.41) is 10.5. The molecular formula is C13H11F3O. The van der Waals surface area contributed by atoms with Gasteiger partial charge in [-0.15, -0.1) is 0 Å². The van der Waals surface area contributed by atoms with Crippen LogP contribution in [-0.4, -0.2) is 11.3 Å². The summed E-state index contributed by atoms with van der Waals surface area (Å²) >= 11 is 0. The number of halogens is 3. The molecule has 0 spiro atoms. The minimum atomic E-state index is -4.64. The summed E-state index contributed by atoms with van der Waals surface area (Å²) in [6.45, 7) is 1.57. The summed E-state index contributed by atoms with van der Waals surface area (Å²) in [5.74, 6) is 0. The van der Waals surface area contributed by atoms with E-state index in [2.05, 4.69) is 0 Å². The van der Waals surface area contributed by atoms with Crippen molar-refractivity contribution in [2.45, 2.75) is 19.2 Å². The highest BCUT2D eigenvalue weighted by molar-refractivity contribution is 5.87. The van der Waals surface area contributed by atoms with Crippen LogP contribution in [0.3, 0.4) is 0 Å².